The van der Waals surface area contributed by atoms with Crippen LogP contribution < -0.4 is 0 Å². The molecule has 3 rings (SSSR count). The molecule has 0 saturated carbocycles. The summed E-state index contributed by atoms with van der Waals surface area (Å²) in [4.78, 5) is 26.3. The minimum Gasteiger partial charge on any atom is -0.480 e. The SMILES string of the molecule is O=C(O)C1COCCN1C(=O)c1ccc(SCc2ccccc2)cc1. The maximum absolute atomic E-state index is 12.6. The van der Waals surface area contributed by atoms with Gasteiger partial charge in [0.05, 0.1) is 13.2 Å². The van der Waals surface area contributed by atoms with Crippen molar-refractivity contribution in [1.29, 1.82) is 0 Å². The molecule has 25 heavy (non-hydrogen) atoms. The number of carbonyl (C=O) groups excluding carboxylic acids is 1. The van der Waals surface area contributed by atoms with Crippen molar-refractivity contribution in [2.45, 2.75) is 16.7 Å². The Morgan fingerprint density at radius 2 is 1.84 bits per heavy atom. The van der Waals surface area contributed by atoms with Crippen LogP contribution in [0.5, 0.6) is 0 Å². The molecule has 130 valence electrons. The third-order valence-electron chi connectivity index (χ3n) is 4.02. The summed E-state index contributed by atoms with van der Waals surface area (Å²) in [6.07, 6.45) is 0. The van der Waals surface area contributed by atoms with E-state index in [2.05, 4.69) is 12.1 Å². The monoisotopic (exact) mass is 357 g/mol. The molecule has 1 atom stereocenters. The summed E-state index contributed by atoms with van der Waals surface area (Å²) in [7, 11) is 0. The standard InChI is InChI=1S/C19H19NO4S/c21-18(20-10-11-24-12-17(20)19(22)23)15-6-8-16(9-7-15)25-13-14-4-2-1-3-5-14/h1-9,17H,10-13H2,(H,22,23). The number of nitrogens with zero attached hydrogens (tertiary/aromatic N) is 1. The largest absolute Gasteiger partial charge is 0.480 e. The molecule has 1 saturated heterocycles. The Labute approximate surface area is 150 Å². The first-order valence-electron chi connectivity index (χ1n) is 8.03. The van der Waals surface area contributed by atoms with Gasteiger partial charge in [-0.2, -0.15) is 0 Å². The van der Waals surface area contributed by atoms with Crippen molar-refractivity contribution in [2.75, 3.05) is 19.8 Å². The van der Waals surface area contributed by atoms with E-state index in [1.54, 1.807) is 23.9 Å². The Morgan fingerprint density at radius 1 is 1.12 bits per heavy atom. The Bertz CT molecular complexity index is 733. The fourth-order valence-electron chi connectivity index (χ4n) is 2.65. The summed E-state index contributed by atoms with van der Waals surface area (Å²) in [5.41, 5.74) is 1.74. The molecule has 0 radical (unpaired) electrons. The van der Waals surface area contributed by atoms with Gasteiger partial charge in [-0.1, -0.05) is 30.3 Å². The van der Waals surface area contributed by atoms with Gasteiger partial charge >= 0.3 is 5.97 Å². The van der Waals surface area contributed by atoms with Crippen LogP contribution in [0, 0.1) is 0 Å². The van der Waals surface area contributed by atoms with E-state index in [1.807, 2.05) is 30.3 Å². The fourth-order valence-corrected chi connectivity index (χ4v) is 3.51. The molecule has 1 aliphatic rings. The molecule has 1 heterocycles. The molecule has 1 aliphatic heterocycles. The maximum atomic E-state index is 12.6. The van der Waals surface area contributed by atoms with Gasteiger partial charge in [0.1, 0.15) is 0 Å². The van der Waals surface area contributed by atoms with Crippen LogP contribution >= 0.6 is 11.8 Å². The summed E-state index contributed by atoms with van der Waals surface area (Å²) in [5.74, 6) is -0.447. The highest BCUT2D eigenvalue weighted by molar-refractivity contribution is 7.98. The van der Waals surface area contributed by atoms with Crippen LogP contribution in [-0.4, -0.2) is 47.7 Å². The van der Waals surface area contributed by atoms with Crippen LogP contribution in [0.25, 0.3) is 0 Å². The number of ether oxygens (including phenoxy) is 1. The molecule has 1 fully saturated rings. The Balaban J connectivity index is 1.65. The molecular weight excluding hydrogens is 338 g/mol. The Kier molecular flexibility index (Phi) is 5.73. The van der Waals surface area contributed by atoms with Crippen molar-refractivity contribution >= 4 is 23.6 Å². The van der Waals surface area contributed by atoms with E-state index < -0.39 is 12.0 Å². The van der Waals surface area contributed by atoms with Gasteiger partial charge in [0.25, 0.3) is 5.91 Å². The van der Waals surface area contributed by atoms with Gasteiger partial charge in [-0.3, -0.25) is 4.79 Å². The predicted molar refractivity (Wildman–Crippen MR) is 95.7 cm³/mol. The second-order valence-corrected chi connectivity index (χ2v) is 6.77. The van der Waals surface area contributed by atoms with Crippen molar-refractivity contribution < 1.29 is 19.4 Å². The summed E-state index contributed by atoms with van der Waals surface area (Å²) >= 11 is 1.70. The van der Waals surface area contributed by atoms with Gasteiger partial charge in [0, 0.05) is 22.8 Å². The number of thioether (sulfide) groups is 1. The first-order valence-corrected chi connectivity index (χ1v) is 9.02. The lowest BCUT2D eigenvalue weighted by molar-refractivity contribution is -0.147. The molecule has 2 aromatic carbocycles. The van der Waals surface area contributed by atoms with E-state index in [0.717, 1.165) is 10.6 Å². The number of morpholine rings is 1. The lowest BCUT2D eigenvalue weighted by Crippen LogP contribution is -2.52. The highest BCUT2D eigenvalue weighted by Gasteiger charge is 2.33. The molecule has 0 aliphatic carbocycles. The number of carboxylic acids is 1. The number of carboxylic acid groups (broad SMARTS) is 1. The minimum atomic E-state index is -1.04. The second-order valence-electron chi connectivity index (χ2n) is 5.73. The zero-order chi connectivity index (χ0) is 17.6. The van der Waals surface area contributed by atoms with Crippen LogP contribution in [0.4, 0.5) is 0 Å². The topological polar surface area (TPSA) is 66.8 Å². The summed E-state index contributed by atoms with van der Waals surface area (Å²) in [6.45, 7) is 0.687. The maximum Gasteiger partial charge on any atom is 0.328 e. The summed E-state index contributed by atoms with van der Waals surface area (Å²) in [5, 5.41) is 9.25. The number of hydrogen-bond acceptors (Lipinski definition) is 4. The molecule has 0 spiro atoms. The van der Waals surface area contributed by atoms with E-state index in [9.17, 15) is 14.7 Å². The lowest BCUT2D eigenvalue weighted by atomic mass is 10.1. The second kappa shape index (κ2) is 8.18. The van der Waals surface area contributed by atoms with Crippen LogP contribution in [0.3, 0.4) is 0 Å². The molecule has 1 unspecified atom stereocenters. The van der Waals surface area contributed by atoms with E-state index in [4.69, 9.17) is 4.74 Å². The van der Waals surface area contributed by atoms with Crippen molar-refractivity contribution in [1.82, 2.24) is 4.90 Å². The zero-order valence-electron chi connectivity index (χ0n) is 13.6. The zero-order valence-corrected chi connectivity index (χ0v) is 14.4. The normalized spacial score (nSPS) is 17.3. The van der Waals surface area contributed by atoms with Gasteiger partial charge in [-0.05, 0) is 29.8 Å². The van der Waals surface area contributed by atoms with Crippen LogP contribution in [0.1, 0.15) is 15.9 Å². The van der Waals surface area contributed by atoms with E-state index in [0.29, 0.717) is 18.7 Å². The van der Waals surface area contributed by atoms with Crippen LogP contribution in [-0.2, 0) is 15.3 Å². The third-order valence-corrected chi connectivity index (χ3v) is 5.11. The Morgan fingerprint density at radius 3 is 2.52 bits per heavy atom. The quantitative estimate of drug-likeness (QED) is 0.834. The van der Waals surface area contributed by atoms with Gasteiger partial charge in [0.2, 0.25) is 0 Å². The van der Waals surface area contributed by atoms with E-state index >= 15 is 0 Å². The van der Waals surface area contributed by atoms with Crippen molar-refractivity contribution in [3.8, 4) is 0 Å². The molecule has 2 aromatic rings. The number of aliphatic carboxylic acids is 1. The number of rotatable bonds is 5. The van der Waals surface area contributed by atoms with E-state index in [1.165, 1.54) is 10.5 Å². The number of amides is 1. The van der Waals surface area contributed by atoms with Crippen molar-refractivity contribution in [3.63, 3.8) is 0 Å². The average molecular weight is 357 g/mol. The highest BCUT2D eigenvalue weighted by Crippen LogP contribution is 2.23. The number of benzene rings is 2. The van der Waals surface area contributed by atoms with Crippen molar-refractivity contribution in [3.05, 3.63) is 65.7 Å². The first kappa shape index (κ1) is 17.5. The minimum absolute atomic E-state index is 0.0338. The molecule has 5 nitrogen and oxygen atoms in total. The Hall–Kier alpha value is -2.31. The summed E-state index contributed by atoms with van der Waals surface area (Å²) in [6, 6.07) is 16.6. The smallest absolute Gasteiger partial charge is 0.328 e. The lowest BCUT2D eigenvalue weighted by Gasteiger charge is -2.32. The number of carbonyl (C=O) groups is 2. The van der Waals surface area contributed by atoms with Gasteiger partial charge in [-0.15, -0.1) is 11.8 Å². The molecule has 1 N–H and O–H groups in total. The van der Waals surface area contributed by atoms with Gasteiger partial charge in [-0.25, -0.2) is 4.79 Å². The van der Waals surface area contributed by atoms with E-state index in [-0.39, 0.29) is 12.5 Å². The van der Waals surface area contributed by atoms with Crippen LogP contribution in [0.2, 0.25) is 0 Å². The van der Waals surface area contributed by atoms with Crippen LogP contribution in [0.15, 0.2) is 59.5 Å². The molecule has 0 bridgehead atoms. The molecule has 1 amide bonds. The number of hydrogen-bond donors (Lipinski definition) is 1. The predicted octanol–water partition coefficient (Wildman–Crippen LogP) is 2.90. The van der Waals surface area contributed by atoms with Crippen molar-refractivity contribution in [2.24, 2.45) is 0 Å². The highest BCUT2D eigenvalue weighted by atomic mass is 32.2. The molecular formula is C19H19NO4S. The van der Waals surface area contributed by atoms with Gasteiger partial charge < -0.3 is 14.7 Å². The summed E-state index contributed by atoms with van der Waals surface area (Å²) < 4.78 is 5.17. The third kappa shape index (κ3) is 4.41. The average Bonchev–Trinajstić information content (AvgIpc) is 2.67. The molecule has 6 heteroatoms. The van der Waals surface area contributed by atoms with Gasteiger partial charge in [0.15, 0.2) is 6.04 Å². The first-order chi connectivity index (χ1) is 12.1. The fraction of sp³-hybridized carbons (Fsp3) is 0.263. The molecule has 0 aromatic heterocycles.